The molecule has 14 bridgehead atoms. The van der Waals surface area contributed by atoms with E-state index in [0.29, 0.717) is 0 Å². The summed E-state index contributed by atoms with van der Waals surface area (Å²) in [5, 5.41) is 0. The van der Waals surface area contributed by atoms with Crippen molar-refractivity contribution in [3.63, 3.8) is 0 Å². The highest BCUT2D eigenvalue weighted by Gasteiger charge is 2.62. The topological polar surface area (TPSA) is 343 Å². The van der Waals surface area contributed by atoms with Crippen molar-refractivity contribution in [1.82, 2.24) is 4.90 Å². The van der Waals surface area contributed by atoms with Crippen LogP contribution in [0.25, 0.3) is 0 Å². The summed E-state index contributed by atoms with van der Waals surface area (Å²) >= 11 is 0. The standard InChI is InChI=1S/C70H123NO36/c1-25-26-71(69(72)107-70(2,3)4)27-34-41-48(79-11)55(86-18)62(93-34)101-42-35(28-73-5)95-64(57(88-20)49(42)80-12)103-44-37(30-75-7)97-66(59(90-22)51(44)82-14)105-46-39(32-77-9)99-68(61(92-24)53(46)84-16)106-47-40(33-78-10)98-67(60(91-23)54(47)85-17)104-45-38(31-76-8)96-65(58(89-21)52(45)83-15)102-43-36(29-74-6)94-63(100-41)56(87-19)50(43)81-13/h25,34-68H,1,26-33H2,2-24H3/t34-,35-,36-,37-,38-,39-,40-,41-,42-,43-,44-,45-,46-,47-,48+,49+,50+,51+,52+,53+,54+,55-,56-,57-,58-,59-,60-,61-,62-,63-,64-,65-,66-,67-,68-/m1/s1. The third-order valence-corrected chi connectivity index (χ3v) is 20.4. The Morgan fingerprint density at radius 1 is 0.280 bits per heavy atom. The van der Waals surface area contributed by atoms with Crippen LogP contribution in [-0.2, 0) is 166 Å². The first kappa shape index (κ1) is 90.2. The van der Waals surface area contributed by atoms with Crippen LogP contribution >= 0.6 is 0 Å². The van der Waals surface area contributed by atoms with Crippen molar-refractivity contribution in [3.05, 3.63) is 12.7 Å². The summed E-state index contributed by atoms with van der Waals surface area (Å²) in [6.45, 7) is 8.56. The minimum absolute atomic E-state index is 0.00270. The lowest BCUT2D eigenvalue weighted by Crippen LogP contribution is -2.69. The van der Waals surface area contributed by atoms with Gasteiger partial charge in [0.2, 0.25) is 0 Å². The molecule has 0 aromatic carbocycles. The highest BCUT2D eigenvalue weighted by Crippen LogP contribution is 2.43. The number of ether oxygens (including phenoxy) is 35. The van der Waals surface area contributed by atoms with Gasteiger partial charge in [0.25, 0.3) is 0 Å². The van der Waals surface area contributed by atoms with Crippen molar-refractivity contribution in [2.24, 2.45) is 0 Å². The molecule has 1 amide bonds. The van der Waals surface area contributed by atoms with Gasteiger partial charge in [-0.3, -0.25) is 0 Å². The first-order chi connectivity index (χ1) is 51.7. The van der Waals surface area contributed by atoms with Crippen molar-refractivity contribution in [3.8, 4) is 0 Å². The van der Waals surface area contributed by atoms with Crippen molar-refractivity contribution in [2.75, 3.05) is 195 Å². The van der Waals surface area contributed by atoms with Gasteiger partial charge in [0, 0.05) is 149 Å². The molecule has 0 unspecified atom stereocenters. The van der Waals surface area contributed by atoms with Gasteiger partial charge >= 0.3 is 6.09 Å². The van der Waals surface area contributed by atoms with E-state index in [1.165, 1.54) is 147 Å². The van der Waals surface area contributed by atoms with Gasteiger partial charge < -0.3 is 171 Å². The molecule has 624 valence electrons. The van der Waals surface area contributed by atoms with Crippen LogP contribution in [0.5, 0.6) is 0 Å². The van der Waals surface area contributed by atoms with Crippen LogP contribution in [0, 0.1) is 0 Å². The van der Waals surface area contributed by atoms with Gasteiger partial charge in [0.05, 0.1) is 46.2 Å². The zero-order valence-electron chi connectivity index (χ0n) is 66.3. The summed E-state index contributed by atoms with van der Waals surface area (Å²) in [6.07, 6.45) is -37.5. The largest absolute Gasteiger partial charge is 0.444 e. The molecule has 107 heavy (non-hydrogen) atoms. The molecule has 37 heteroatoms. The zero-order chi connectivity index (χ0) is 78.0. The predicted molar refractivity (Wildman–Crippen MR) is 365 cm³/mol. The minimum Gasteiger partial charge on any atom is -0.444 e. The number of methoxy groups -OCH3 is 20. The molecule has 21 aliphatic heterocycles. The van der Waals surface area contributed by atoms with E-state index in [-0.39, 0.29) is 52.7 Å². The summed E-state index contributed by atoms with van der Waals surface area (Å²) in [5.41, 5.74) is -0.921. The monoisotopic (exact) mass is 1550 g/mol. The molecule has 0 N–H and O–H groups in total. The number of nitrogens with zero attached hydrogens (tertiary/aromatic N) is 1. The highest BCUT2D eigenvalue weighted by atomic mass is 16.8. The summed E-state index contributed by atoms with van der Waals surface area (Å²) in [7, 11) is 29.9. The van der Waals surface area contributed by atoms with E-state index < -0.39 is 227 Å². The molecular formula is C70H123NO36. The summed E-state index contributed by atoms with van der Waals surface area (Å²) < 4.78 is 228. The second-order valence-electron chi connectivity index (χ2n) is 27.7. The Hall–Kier alpha value is -2.35. The van der Waals surface area contributed by atoms with Crippen LogP contribution in [0.1, 0.15) is 20.8 Å². The van der Waals surface area contributed by atoms with Gasteiger partial charge in [-0.15, -0.1) is 6.58 Å². The van der Waals surface area contributed by atoms with E-state index in [1.54, 1.807) is 26.8 Å². The maximum absolute atomic E-state index is 14.4. The lowest BCUT2D eigenvalue weighted by Gasteiger charge is -2.52. The van der Waals surface area contributed by atoms with E-state index in [9.17, 15) is 4.79 Å². The fraction of sp³-hybridized carbons (Fsp3) is 0.957. The highest BCUT2D eigenvalue weighted by molar-refractivity contribution is 5.68. The quantitative estimate of drug-likeness (QED) is 0.0872. The van der Waals surface area contributed by atoms with Crippen molar-refractivity contribution < 1.29 is 171 Å². The Kier molecular flexibility index (Phi) is 36.6. The minimum atomic E-state index is -1.38. The number of hydrogen-bond donors (Lipinski definition) is 0. The van der Waals surface area contributed by atoms with Gasteiger partial charge in [-0.2, -0.15) is 0 Å². The van der Waals surface area contributed by atoms with Crippen molar-refractivity contribution >= 4 is 6.09 Å². The third kappa shape index (κ3) is 20.7. The van der Waals surface area contributed by atoms with Gasteiger partial charge in [-0.1, -0.05) is 6.08 Å². The number of amides is 1. The van der Waals surface area contributed by atoms with E-state index >= 15 is 0 Å². The van der Waals surface area contributed by atoms with Crippen LogP contribution < -0.4 is 0 Å². The lowest BCUT2D eigenvalue weighted by molar-refractivity contribution is -0.402. The van der Waals surface area contributed by atoms with Crippen LogP contribution in [0.15, 0.2) is 12.7 Å². The Morgan fingerprint density at radius 2 is 0.449 bits per heavy atom. The molecule has 21 heterocycles. The van der Waals surface area contributed by atoms with Crippen LogP contribution in [0.2, 0.25) is 0 Å². The van der Waals surface area contributed by atoms with E-state index in [4.69, 9.17) is 166 Å². The van der Waals surface area contributed by atoms with Crippen molar-refractivity contribution in [1.29, 1.82) is 0 Å². The maximum Gasteiger partial charge on any atom is 0.410 e. The zero-order valence-corrected chi connectivity index (χ0v) is 66.3. The normalized spacial score (nSPS) is 43.2. The van der Waals surface area contributed by atoms with Crippen LogP contribution in [-0.4, -0.2) is 426 Å². The molecule has 21 aliphatic rings. The summed E-state index contributed by atoms with van der Waals surface area (Å²) in [4.78, 5) is 15.8. The lowest BCUT2D eigenvalue weighted by atomic mass is 9.94. The van der Waals surface area contributed by atoms with Crippen LogP contribution in [0.4, 0.5) is 4.79 Å². The Balaban J connectivity index is 1.28. The summed E-state index contributed by atoms with van der Waals surface area (Å²) in [6, 6.07) is 0. The molecular weight excluding hydrogens is 1430 g/mol. The molecule has 21 saturated heterocycles. The maximum atomic E-state index is 14.4. The second-order valence-corrected chi connectivity index (χ2v) is 27.7. The first-order valence-electron chi connectivity index (χ1n) is 35.8. The van der Waals surface area contributed by atoms with Gasteiger partial charge in [0.1, 0.15) is 177 Å². The van der Waals surface area contributed by atoms with Gasteiger partial charge in [-0.25, -0.2) is 4.79 Å². The molecule has 21 fully saturated rings. The Labute approximate surface area is 628 Å². The van der Waals surface area contributed by atoms with E-state index in [1.807, 2.05) is 0 Å². The summed E-state index contributed by atoms with van der Waals surface area (Å²) in [5.74, 6) is 0. The Morgan fingerprint density at radius 3 is 0.598 bits per heavy atom. The van der Waals surface area contributed by atoms with Crippen LogP contribution in [0.3, 0.4) is 0 Å². The van der Waals surface area contributed by atoms with E-state index in [0.717, 1.165) is 0 Å². The number of rotatable bonds is 30. The molecule has 0 aliphatic carbocycles. The fourth-order valence-electron chi connectivity index (χ4n) is 15.6. The molecule has 0 aromatic rings. The van der Waals surface area contributed by atoms with Crippen molar-refractivity contribution in [2.45, 2.75) is 241 Å². The molecule has 0 spiro atoms. The molecule has 37 nitrogen and oxygen atoms in total. The third-order valence-electron chi connectivity index (χ3n) is 20.4. The predicted octanol–water partition coefficient (Wildman–Crippen LogP) is 0.282. The SMILES string of the molecule is C=CCN(C[C@H]1O[C@@H]2O[C@H]3[C@H](OC)[C@@H](OC)[C@@H](O[C@H]4[C@H](OC)[C@@H](OC)[C@@H](O[C@H]5[C@H](OC)[C@@H](OC)[C@@H](O[C@H]6[C@H](OC)[C@@H](OC)[C@@H](O[C@H]7[C@H](OC)[C@@H](OC)[C@@H](O[C@H]8[C@H](OC)[C@@H](OC)[C@@H](O[C@H]1[C@H](OC)[C@H]2OC)O[C@@H]8COC)O[C@@H]7COC)O[C@@H]6COC)O[C@@H]5COC)O[C@@H]4COC)O[C@@H]3COC)C(=O)OC(C)(C)C. The molecule has 0 saturated carbocycles. The molecule has 0 radical (unpaired) electrons. The number of carbonyl (C=O) groups is 1. The Bertz CT molecular complexity index is 2520. The average molecular weight is 1550 g/mol. The fourth-order valence-corrected chi connectivity index (χ4v) is 15.6. The molecule has 21 rings (SSSR count). The first-order valence-corrected chi connectivity index (χ1v) is 35.8. The smallest absolute Gasteiger partial charge is 0.410 e. The second kappa shape index (κ2) is 43.4. The van der Waals surface area contributed by atoms with Gasteiger partial charge in [-0.05, 0) is 20.8 Å². The number of hydrogen-bond acceptors (Lipinski definition) is 36. The number of carbonyl (C=O) groups excluding carboxylic acids is 1. The molecule has 0 aromatic heterocycles. The molecule has 35 atom stereocenters. The average Bonchev–Trinajstić information content (AvgIpc) is 0.789. The van der Waals surface area contributed by atoms with Gasteiger partial charge in [0.15, 0.2) is 44.0 Å². The van der Waals surface area contributed by atoms with E-state index in [2.05, 4.69) is 6.58 Å².